The van der Waals surface area contributed by atoms with Crippen molar-refractivity contribution in [2.75, 3.05) is 13.1 Å². The van der Waals surface area contributed by atoms with Gasteiger partial charge in [0.05, 0.1) is 0 Å². The van der Waals surface area contributed by atoms with E-state index in [1.807, 2.05) is 0 Å². The maximum absolute atomic E-state index is 12.9. The number of aromatic nitrogens is 1. The Labute approximate surface area is 148 Å². The Morgan fingerprint density at radius 3 is 2.72 bits per heavy atom. The summed E-state index contributed by atoms with van der Waals surface area (Å²) in [6, 6.07) is 2.22. The molecule has 7 nitrogen and oxygen atoms in total. The Kier molecular flexibility index (Phi) is 7.33. The van der Waals surface area contributed by atoms with Crippen molar-refractivity contribution < 1.29 is 14.7 Å². The van der Waals surface area contributed by atoms with Crippen molar-refractivity contribution in [3.63, 3.8) is 0 Å². The molecular formula is C18H28N4O3. The predicted molar refractivity (Wildman–Crippen MR) is 94.4 cm³/mol. The molecule has 0 spiro atoms. The summed E-state index contributed by atoms with van der Waals surface area (Å²) >= 11 is 0. The van der Waals surface area contributed by atoms with E-state index in [4.69, 9.17) is 5.73 Å². The largest absolute Gasteiger partial charge is 0.386 e. The average Bonchev–Trinajstić information content (AvgIpc) is 3.06. The number of pyridine rings is 1. The van der Waals surface area contributed by atoms with Crippen LogP contribution in [0.25, 0.3) is 0 Å². The van der Waals surface area contributed by atoms with Crippen molar-refractivity contribution in [2.45, 2.75) is 57.2 Å². The van der Waals surface area contributed by atoms with E-state index in [9.17, 15) is 14.7 Å². The second kappa shape index (κ2) is 9.48. The van der Waals surface area contributed by atoms with E-state index < -0.39 is 12.1 Å². The molecule has 4 N–H and O–H groups in total. The van der Waals surface area contributed by atoms with Crippen LogP contribution >= 0.6 is 0 Å². The van der Waals surface area contributed by atoms with Gasteiger partial charge in [-0.25, -0.2) is 0 Å². The first-order chi connectivity index (χ1) is 12.0. The van der Waals surface area contributed by atoms with Gasteiger partial charge in [-0.2, -0.15) is 0 Å². The van der Waals surface area contributed by atoms with E-state index in [2.05, 4.69) is 17.2 Å². The lowest BCUT2D eigenvalue weighted by Gasteiger charge is -2.28. The molecule has 0 saturated carbocycles. The molecule has 1 aliphatic rings. The maximum Gasteiger partial charge on any atom is 0.248 e. The second-order valence-electron chi connectivity index (χ2n) is 6.56. The zero-order chi connectivity index (χ0) is 18.2. The van der Waals surface area contributed by atoms with Crippen LogP contribution in [-0.2, 0) is 9.59 Å². The molecule has 1 saturated heterocycles. The molecule has 0 bridgehead atoms. The van der Waals surface area contributed by atoms with Gasteiger partial charge in [0.2, 0.25) is 11.8 Å². The third kappa shape index (κ3) is 5.51. The Balaban J connectivity index is 2.10. The van der Waals surface area contributed by atoms with Crippen LogP contribution in [0.2, 0.25) is 0 Å². The highest BCUT2D eigenvalue weighted by Gasteiger charge is 2.35. The van der Waals surface area contributed by atoms with Crippen LogP contribution in [0.4, 0.5) is 0 Å². The molecule has 25 heavy (non-hydrogen) atoms. The number of aliphatic hydroxyl groups is 1. The molecule has 1 aromatic heterocycles. The average molecular weight is 348 g/mol. The Morgan fingerprint density at radius 1 is 1.40 bits per heavy atom. The van der Waals surface area contributed by atoms with E-state index in [0.717, 1.165) is 25.7 Å². The van der Waals surface area contributed by atoms with Gasteiger partial charge in [-0.1, -0.05) is 19.8 Å². The number of rotatable bonds is 8. The fourth-order valence-electron chi connectivity index (χ4n) is 2.99. The number of aliphatic hydroxyl groups excluding tert-OH is 1. The molecular weight excluding hydrogens is 320 g/mol. The number of carbonyl (C=O) groups is 2. The highest BCUT2D eigenvalue weighted by atomic mass is 16.3. The summed E-state index contributed by atoms with van der Waals surface area (Å²) in [6.07, 6.45) is 5.80. The molecule has 1 aliphatic heterocycles. The summed E-state index contributed by atoms with van der Waals surface area (Å²) in [7, 11) is 0. The Bertz CT molecular complexity index is 567. The van der Waals surface area contributed by atoms with Gasteiger partial charge in [-0.05, 0) is 30.5 Å². The Morgan fingerprint density at radius 2 is 2.12 bits per heavy atom. The summed E-state index contributed by atoms with van der Waals surface area (Å²) in [4.78, 5) is 30.6. The summed E-state index contributed by atoms with van der Waals surface area (Å²) in [6.45, 7) is 3.06. The molecule has 1 fully saturated rings. The van der Waals surface area contributed by atoms with Gasteiger partial charge >= 0.3 is 0 Å². The summed E-state index contributed by atoms with van der Waals surface area (Å²) in [5, 5.41) is 13.4. The number of carbonyl (C=O) groups excluding carboxylic acids is 2. The number of hydrogen-bond acceptors (Lipinski definition) is 5. The first-order valence-electron chi connectivity index (χ1n) is 8.94. The molecule has 3 unspecified atom stereocenters. The minimum Gasteiger partial charge on any atom is -0.386 e. The maximum atomic E-state index is 12.9. The first kappa shape index (κ1) is 19.3. The van der Waals surface area contributed by atoms with Crippen molar-refractivity contribution in [3.8, 4) is 0 Å². The molecule has 2 amide bonds. The quantitative estimate of drug-likeness (QED) is 0.601. The van der Waals surface area contributed by atoms with Gasteiger partial charge in [0.1, 0.15) is 12.1 Å². The first-order valence-corrected chi connectivity index (χ1v) is 8.94. The molecule has 2 rings (SSSR count). The zero-order valence-electron chi connectivity index (χ0n) is 14.7. The summed E-state index contributed by atoms with van der Waals surface area (Å²) < 4.78 is 0. The van der Waals surface area contributed by atoms with Crippen LogP contribution in [0.15, 0.2) is 24.5 Å². The number of nitrogens with one attached hydrogen (secondary N) is 1. The summed E-state index contributed by atoms with van der Waals surface area (Å²) in [5.74, 6) is -0.510. The van der Waals surface area contributed by atoms with Gasteiger partial charge in [-0.3, -0.25) is 14.6 Å². The summed E-state index contributed by atoms with van der Waals surface area (Å²) in [5.41, 5.74) is 6.43. The van der Waals surface area contributed by atoms with Gasteiger partial charge in [0.15, 0.2) is 0 Å². The van der Waals surface area contributed by atoms with Crippen molar-refractivity contribution in [1.29, 1.82) is 0 Å². The van der Waals surface area contributed by atoms with E-state index in [1.54, 1.807) is 29.4 Å². The van der Waals surface area contributed by atoms with Crippen LogP contribution in [0.5, 0.6) is 0 Å². The highest BCUT2D eigenvalue weighted by Crippen LogP contribution is 2.20. The van der Waals surface area contributed by atoms with Gasteiger partial charge in [0, 0.05) is 37.9 Å². The number of unbranched alkanes of at least 4 members (excludes halogenated alkanes) is 2. The predicted octanol–water partition coefficient (Wildman–Crippen LogP) is 0.740. The van der Waals surface area contributed by atoms with E-state index >= 15 is 0 Å². The van der Waals surface area contributed by atoms with Gasteiger partial charge in [0.25, 0.3) is 0 Å². The molecule has 3 atom stereocenters. The number of hydrogen-bond donors (Lipinski definition) is 3. The number of likely N-dealkylation sites (tertiary alicyclic amines) is 1. The van der Waals surface area contributed by atoms with Gasteiger partial charge in [-0.15, -0.1) is 0 Å². The third-order valence-corrected chi connectivity index (χ3v) is 4.49. The molecule has 0 aliphatic carbocycles. The zero-order valence-corrected chi connectivity index (χ0v) is 14.7. The molecule has 0 aromatic carbocycles. The van der Waals surface area contributed by atoms with Crippen LogP contribution in [0.3, 0.4) is 0 Å². The minimum absolute atomic E-state index is 0.0528. The third-order valence-electron chi connectivity index (χ3n) is 4.49. The highest BCUT2D eigenvalue weighted by molar-refractivity contribution is 5.88. The standard InChI is InChI=1S/C18H28N4O3/c1-2-3-4-5-15(23)21-16(17(24)13-6-9-20-10-7-13)18(25)22-11-8-14(19)12-22/h6-7,9-10,14,16-17,24H,2-5,8,11-12,19H2,1H3,(H,21,23). The van der Waals surface area contributed by atoms with Gasteiger partial charge < -0.3 is 21.1 Å². The fourth-order valence-corrected chi connectivity index (χ4v) is 2.99. The van der Waals surface area contributed by atoms with Crippen molar-refractivity contribution >= 4 is 11.8 Å². The second-order valence-corrected chi connectivity index (χ2v) is 6.56. The monoisotopic (exact) mass is 348 g/mol. The lowest BCUT2D eigenvalue weighted by atomic mass is 10.0. The topological polar surface area (TPSA) is 109 Å². The molecule has 7 heteroatoms. The fraction of sp³-hybridized carbons (Fsp3) is 0.611. The normalized spacial score (nSPS) is 19.5. The SMILES string of the molecule is CCCCCC(=O)NC(C(=O)N1CCC(N)C1)C(O)c1ccncc1. The van der Waals surface area contributed by atoms with E-state index in [1.165, 1.54) is 0 Å². The number of nitrogens with two attached hydrogens (primary N) is 1. The molecule has 1 aromatic rings. The van der Waals surface area contributed by atoms with Crippen LogP contribution < -0.4 is 11.1 Å². The van der Waals surface area contributed by atoms with Crippen LogP contribution in [-0.4, -0.2) is 52.0 Å². The van der Waals surface area contributed by atoms with Crippen molar-refractivity contribution in [3.05, 3.63) is 30.1 Å². The number of amides is 2. The van der Waals surface area contributed by atoms with Crippen molar-refractivity contribution in [2.24, 2.45) is 5.73 Å². The van der Waals surface area contributed by atoms with Crippen molar-refractivity contribution in [1.82, 2.24) is 15.2 Å². The van der Waals surface area contributed by atoms with E-state index in [-0.39, 0.29) is 17.9 Å². The molecule has 138 valence electrons. The lowest BCUT2D eigenvalue weighted by molar-refractivity contribution is -0.139. The number of nitrogens with zero attached hydrogens (tertiary/aromatic N) is 2. The van der Waals surface area contributed by atoms with E-state index in [0.29, 0.717) is 25.1 Å². The molecule has 2 heterocycles. The smallest absolute Gasteiger partial charge is 0.248 e. The van der Waals surface area contributed by atoms with Crippen LogP contribution in [0, 0.1) is 0 Å². The minimum atomic E-state index is -1.12. The van der Waals surface area contributed by atoms with Crippen LogP contribution in [0.1, 0.15) is 50.7 Å². The Hall–Kier alpha value is -1.99. The lowest BCUT2D eigenvalue weighted by Crippen LogP contribution is -2.51. The molecule has 0 radical (unpaired) electrons.